The number of benzene rings is 1. The van der Waals surface area contributed by atoms with Crippen molar-refractivity contribution < 1.29 is 34.2 Å². The first kappa shape index (κ1) is 29.8. The van der Waals surface area contributed by atoms with E-state index < -0.39 is 18.5 Å². The maximum atomic E-state index is 13.1. The topological polar surface area (TPSA) is 193 Å². The molecule has 1 aromatic heterocycles. The van der Waals surface area contributed by atoms with E-state index in [1.54, 1.807) is 45.4 Å². The smallest absolute Gasteiger partial charge is 0.407 e. The van der Waals surface area contributed by atoms with E-state index in [4.69, 9.17) is 10.2 Å². The number of nitrogens with zero attached hydrogens (tertiary/aromatic N) is 3. The first-order chi connectivity index (χ1) is 17.8. The lowest BCUT2D eigenvalue weighted by Gasteiger charge is -2.19. The van der Waals surface area contributed by atoms with Crippen LogP contribution in [0.3, 0.4) is 0 Å². The van der Waals surface area contributed by atoms with Crippen molar-refractivity contribution in [3.63, 3.8) is 0 Å². The van der Waals surface area contributed by atoms with Gasteiger partial charge in [-0.2, -0.15) is 0 Å². The van der Waals surface area contributed by atoms with Crippen molar-refractivity contribution in [2.45, 2.75) is 32.5 Å². The van der Waals surface area contributed by atoms with Gasteiger partial charge in [-0.15, -0.1) is 0 Å². The Morgan fingerprint density at radius 2 is 1.58 bits per heavy atom. The SMILES string of the molecule is CC(=O)Nc1nc(CCc2ccc(NC(NC(=O)O)NC(=O)O)cc2)c(C(=O)N(C)CCC(=O)N(C)C)s1. The van der Waals surface area contributed by atoms with E-state index in [-0.39, 0.29) is 30.7 Å². The molecule has 38 heavy (non-hydrogen) atoms. The minimum Gasteiger partial charge on any atom is -0.465 e. The number of carbonyl (C=O) groups excluding carboxylic acids is 3. The van der Waals surface area contributed by atoms with Crippen LogP contribution in [-0.4, -0.2) is 88.9 Å². The predicted octanol–water partition coefficient (Wildman–Crippen LogP) is 1.67. The molecule has 0 spiro atoms. The van der Waals surface area contributed by atoms with Crippen molar-refractivity contribution in [2.75, 3.05) is 38.3 Å². The third kappa shape index (κ3) is 9.57. The van der Waals surface area contributed by atoms with E-state index in [1.165, 1.54) is 16.7 Å². The Morgan fingerprint density at radius 1 is 0.974 bits per heavy atom. The summed E-state index contributed by atoms with van der Waals surface area (Å²) in [4.78, 5) is 66.0. The lowest BCUT2D eigenvalue weighted by atomic mass is 10.1. The summed E-state index contributed by atoms with van der Waals surface area (Å²) >= 11 is 1.07. The number of rotatable bonds is 12. The molecule has 6 N–H and O–H groups in total. The number of nitrogens with one attached hydrogen (secondary N) is 4. The molecule has 0 fully saturated rings. The van der Waals surface area contributed by atoms with Crippen LogP contribution in [0.4, 0.5) is 20.4 Å². The summed E-state index contributed by atoms with van der Waals surface area (Å²) in [7, 11) is 4.89. The summed E-state index contributed by atoms with van der Waals surface area (Å²) in [5, 5.41) is 27.4. The van der Waals surface area contributed by atoms with Gasteiger partial charge < -0.3 is 30.6 Å². The van der Waals surface area contributed by atoms with Gasteiger partial charge in [0.25, 0.3) is 5.91 Å². The first-order valence-corrected chi connectivity index (χ1v) is 12.2. The van der Waals surface area contributed by atoms with Gasteiger partial charge in [0, 0.05) is 46.7 Å². The molecule has 0 saturated heterocycles. The second-order valence-electron chi connectivity index (χ2n) is 8.41. The van der Waals surface area contributed by atoms with Gasteiger partial charge >= 0.3 is 12.2 Å². The van der Waals surface area contributed by atoms with Gasteiger partial charge in [0.15, 0.2) is 11.4 Å². The third-order valence-electron chi connectivity index (χ3n) is 5.13. The molecule has 0 atom stereocenters. The van der Waals surface area contributed by atoms with E-state index in [0.29, 0.717) is 34.2 Å². The van der Waals surface area contributed by atoms with E-state index >= 15 is 0 Å². The van der Waals surface area contributed by atoms with Gasteiger partial charge in [-0.3, -0.25) is 25.0 Å². The zero-order valence-corrected chi connectivity index (χ0v) is 22.2. The first-order valence-electron chi connectivity index (χ1n) is 11.4. The zero-order valence-electron chi connectivity index (χ0n) is 21.4. The second kappa shape index (κ2) is 13.8. The molecule has 0 aliphatic carbocycles. The number of aryl methyl sites for hydroxylation is 2. The third-order valence-corrected chi connectivity index (χ3v) is 6.13. The van der Waals surface area contributed by atoms with E-state index in [1.807, 2.05) is 10.6 Å². The monoisotopic (exact) mass is 549 g/mol. The maximum absolute atomic E-state index is 13.1. The van der Waals surface area contributed by atoms with Crippen LogP contribution < -0.4 is 21.3 Å². The molecular weight excluding hydrogens is 518 g/mol. The number of carboxylic acid groups (broad SMARTS) is 2. The van der Waals surface area contributed by atoms with Crippen LogP contribution in [-0.2, 0) is 22.4 Å². The maximum Gasteiger partial charge on any atom is 0.407 e. The van der Waals surface area contributed by atoms with Gasteiger partial charge in [0.05, 0.1) is 5.69 Å². The van der Waals surface area contributed by atoms with Crippen LogP contribution in [0.5, 0.6) is 0 Å². The summed E-state index contributed by atoms with van der Waals surface area (Å²) in [5.41, 5.74) is 1.85. The van der Waals surface area contributed by atoms with Gasteiger partial charge in [0.1, 0.15) is 4.88 Å². The molecule has 0 saturated carbocycles. The van der Waals surface area contributed by atoms with Crippen LogP contribution in [0.1, 0.15) is 34.3 Å². The molecule has 1 aromatic carbocycles. The van der Waals surface area contributed by atoms with Crippen LogP contribution in [0, 0.1) is 0 Å². The Labute approximate surface area is 223 Å². The fourth-order valence-electron chi connectivity index (χ4n) is 3.21. The number of aromatic nitrogens is 1. The lowest BCUT2D eigenvalue weighted by Crippen LogP contribution is -2.52. The summed E-state index contributed by atoms with van der Waals surface area (Å²) < 4.78 is 0. The highest BCUT2D eigenvalue weighted by atomic mass is 32.1. The summed E-state index contributed by atoms with van der Waals surface area (Å²) in [5.74, 6) is -0.719. The average Bonchev–Trinajstić information content (AvgIpc) is 3.22. The molecule has 0 aliphatic heterocycles. The fraction of sp³-hybridized carbons (Fsp3) is 0.391. The Morgan fingerprint density at radius 3 is 2.11 bits per heavy atom. The Balaban J connectivity index is 2.11. The second-order valence-corrected chi connectivity index (χ2v) is 9.41. The van der Waals surface area contributed by atoms with Crippen molar-refractivity contribution in [3.05, 3.63) is 40.4 Å². The molecule has 0 bridgehead atoms. The van der Waals surface area contributed by atoms with Gasteiger partial charge in [-0.05, 0) is 30.5 Å². The largest absolute Gasteiger partial charge is 0.465 e. The fourth-order valence-corrected chi connectivity index (χ4v) is 4.26. The van der Waals surface area contributed by atoms with Crippen LogP contribution in [0.2, 0.25) is 0 Å². The highest BCUT2D eigenvalue weighted by molar-refractivity contribution is 7.17. The van der Waals surface area contributed by atoms with Crippen LogP contribution in [0.15, 0.2) is 24.3 Å². The summed E-state index contributed by atoms with van der Waals surface area (Å²) in [6.07, 6.45) is -3.01. The Kier molecular flexibility index (Phi) is 10.8. The molecule has 0 radical (unpaired) electrons. The van der Waals surface area contributed by atoms with E-state index in [0.717, 1.165) is 16.9 Å². The van der Waals surface area contributed by atoms with Crippen LogP contribution >= 0.6 is 11.3 Å². The Bertz CT molecular complexity index is 1150. The van der Waals surface area contributed by atoms with Gasteiger partial charge in [-0.25, -0.2) is 14.6 Å². The van der Waals surface area contributed by atoms with Crippen molar-refractivity contribution in [2.24, 2.45) is 0 Å². The molecule has 2 rings (SSSR count). The highest BCUT2D eigenvalue weighted by Crippen LogP contribution is 2.26. The van der Waals surface area contributed by atoms with Crippen molar-refractivity contribution in [1.29, 1.82) is 0 Å². The average molecular weight is 550 g/mol. The standard InChI is InChI=1S/C23H31N7O7S/c1-13(31)24-21-26-16(18(38-21)19(33)30(4)12-11-17(32)29(2)3)10-7-14-5-8-15(9-6-14)25-20(27-22(34)35)28-23(36)37/h5-6,8-9,20,25,27-28H,7,10-12H2,1-4H3,(H,34,35)(H,36,37)(H,24,26,31). The highest BCUT2D eigenvalue weighted by Gasteiger charge is 2.22. The summed E-state index contributed by atoms with van der Waals surface area (Å²) in [6, 6.07) is 6.84. The Hall–Kier alpha value is -4.40. The minimum atomic E-state index is -1.41. The molecule has 1 heterocycles. The van der Waals surface area contributed by atoms with Gasteiger partial charge in [0.2, 0.25) is 11.8 Å². The van der Waals surface area contributed by atoms with Crippen molar-refractivity contribution >= 4 is 52.1 Å². The quantitative estimate of drug-likeness (QED) is 0.214. The normalized spacial score (nSPS) is 10.4. The van der Waals surface area contributed by atoms with Gasteiger partial charge in [-0.1, -0.05) is 23.5 Å². The molecule has 0 aliphatic rings. The molecule has 14 nitrogen and oxygen atoms in total. The van der Waals surface area contributed by atoms with Crippen molar-refractivity contribution in [1.82, 2.24) is 25.4 Å². The number of anilines is 2. The number of thiazole rings is 1. The summed E-state index contributed by atoms with van der Waals surface area (Å²) in [6.45, 7) is 1.57. The molecule has 15 heteroatoms. The predicted molar refractivity (Wildman–Crippen MR) is 140 cm³/mol. The number of hydrogen-bond donors (Lipinski definition) is 6. The minimum absolute atomic E-state index is 0.102. The molecule has 5 amide bonds. The van der Waals surface area contributed by atoms with Crippen molar-refractivity contribution in [3.8, 4) is 0 Å². The molecule has 206 valence electrons. The van der Waals surface area contributed by atoms with E-state index in [9.17, 15) is 24.0 Å². The van der Waals surface area contributed by atoms with Crippen LogP contribution in [0.25, 0.3) is 0 Å². The van der Waals surface area contributed by atoms with E-state index in [2.05, 4.69) is 15.6 Å². The number of hydrogen-bond acceptors (Lipinski definition) is 8. The molecule has 0 unspecified atom stereocenters. The lowest BCUT2D eigenvalue weighted by molar-refractivity contribution is -0.128. The number of amides is 5. The number of carbonyl (C=O) groups is 5. The molecular formula is C23H31N7O7S. The zero-order chi connectivity index (χ0) is 28.4. The molecule has 2 aromatic rings.